The summed E-state index contributed by atoms with van der Waals surface area (Å²) in [5.74, 6) is 0.0979. The van der Waals surface area contributed by atoms with Crippen molar-refractivity contribution >= 4 is 27.4 Å². The van der Waals surface area contributed by atoms with Crippen molar-refractivity contribution in [1.29, 1.82) is 5.26 Å². The van der Waals surface area contributed by atoms with E-state index in [1.54, 1.807) is 30.3 Å². The van der Waals surface area contributed by atoms with Gasteiger partial charge < -0.3 is 10.2 Å². The topological polar surface area (TPSA) is 115 Å². The average Bonchev–Trinajstić information content (AvgIpc) is 2.73. The molecule has 0 radical (unpaired) electrons. The van der Waals surface area contributed by atoms with E-state index in [-0.39, 0.29) is 22.5 Å². The second-order valence-corrected chi connectivity index (χ2v) is 8.54. The maximum atomic E-state index is 12.5. The highest BCUT2D eigenvalue weighted by Crippen LogP contribution is 2.21. The Morgan fingerprint density at radius 1 is 1.17 bits per heavy atom. The number of hydrogen-bond acceptors (Lipinski definition) is 6. The highest BCUT2D eigenvalue weighted by atomic mass is 32.2. The van der Waals surface area contributed by atoms with Crippen molar-refractivity contribution in [1.82, 2.24) is 9.88 Å². The predicted molar refractivity (Wildman–Crippen MR) is 110 cm³/mol. The van der Waals surface area contributed by atoms with Crippen LogP contribution in [0.1, 0.15) is 19.3 Å². The van der Waals surface area contributed by atoms with E-state index < -0.39 is 10.0 Å². The molecule has 2 heterocycles. The average molecular weight is 414 g/mol. The molecule has 3 rings (SSSR count). The van der Waals surface area contributed by atoms with Gasteiger partial charge >= 0.3 is 0 Å². The van der Waals surface area contributed by atoms with Gasteiger partial charge in [0.15, 0.2) is 0 Å². The monoisotopic (exact) mass is 413 g/mol. The molecule has 1 aromatic heterocycles. The van der Waals surface area contributed by atoms with E-state index in [2.05, 4.69) is 26.0 Å². The minimum Gasteiger partial charge on any atom is -0.326 e. The lowest BCUT2D eigenvalue weighted by atomic mass is 9.95. The Hall–Kier alpha value is -2.96. The fourth-order valence-corrected chi connectivity index (χ4v) is 4.22. The lowest BCUT2D eigenvalue weighted by Crippen LogP contribution is -2.38. The van der Waals surface area contributed by atoms with Crippen molar-refractivity contribution in [2.24, 2.45) is 5.92 Å². The molecule has 0 bridgehead atoms. The number of nitriles is 1. The molecule has 1 saturated heterocycles. The third-order valence-electron chi connectivity index (χ3n) is 4.83. The standard InChI is InChI=1S/C20H23N5O3S/c21-11-3-13-25-14-9-16(10-15-25)20(26)23-17-5-7-18(8-6-17)29(27,28)24-19-4-1-2-12-22-19/h1-2,4-8,12,16H,3,9-10,13-15H2,(H,22,24)(H,23,26). The molecule has 1 aliphatic heterocycles. The highest BCUT2D eigenvalue weighted by Gasteiger charge is 2.25. The molecule has 2 aromatic rings. The molecule has 8 nitrogen and oxygen atoms in total. The molecule has 1 amide bonds. The number of benzene rings is 1. The normalized spacial score (nSPS) is 15.4. The van der Waals surface area contributed by atoms with Gasteiger partial charge in [-0.1, -0.05) is 6.07 Å². The minimum atomic E-state index is -3.75. The molecule has 1 aromatic carbocycles. The van der Waals surface area contributed by atoms with E-state index in [0.717, 1.165) is 32.5 Å². The van der Waals surface area contributed by atoms with Crippen molar-refractivity contribution in [2.75, 3.05) is 29.7 Å². The number of anilines is 2. The molecule has 1 aliphatic rings. The van der Waals surface area contributed by atoms with Crippen molar-refractivity contribution < 1.29 is 13.2 Å². The van der Waals surface area contributed by atoms with Crippen molar-refractivity contribution in [3.63, 3.8) is 0 Å². The fraction of sp³-hybridized carbons (Fsp3) is 0.350. The summed E-state index contributed by atoms with van der Waals surface area (Å²) in [5.41, 5.74) is 0.554. The minimum absolute atomic E-state index is 0.0628. The van der Waals surface area contributed by atoms with Crippen molar-refractivity contribution in [3.8, 4) is 6.07 Å². The van der Waals surface area contributed by atoms with Crippen LogP contribution in [0.4, 0.5) is 11.5 Å². The van der Waals surface area contributed by atoms with Gasteiger partial charge in [-0.15, -0.1) is 0 Å². The number of amides is 1. The zero-order chi connectivity index (χ0) is 20.7. The van der Waals surface area contributed by atoms with E-state index in [1.807, 2.05) is 0 Å². The van der Waals surface area contributed by atoms with Gasteiger partial charge in [0.05, 0.1) is 11.0 Å². The number of carbonyl (C=O) groups is 1. The van der Waals surface area contributed by atoms with Crippen LogP contribution in [0.3, 0.4) is 0 Å². The van der Waals surface area contributed by atoms with Gasteiger partial charge in [0.1, 0.15) is 5.82 Å². The molecule has 1 fully saturated rings. The smallest absolute Gasteiger partial charge is 0.263 e. The van der Waals surface area contributed by atoms with Gasteiger partial charge in [0.25, 0.3) is 10.0 Å². The first-order chi connectivity index (χ1) is 14.0. The molecule has 0 unspecified atom stereocenters. The molecular formula is C20H23N5O3S. The lowest BCUT2D eigenvalue weighted by Gasteiger charge is -2.30. The number of nitrogens with zero attached hydrogens (tertiary/aromatic N) is 3. The van der Waals surface area contributed by atoms with Crippen LogP contribution in [-0.2, 0) is 14.8 Å². The Morgan fingerprint density at radius 3 is 2.52 bits per heavy atom. The third-order valence-corrected chi connectivity index (χ3v) is 6.20. The van der Waals surface area contributed by atoms with Gasteiger partial charge in [-0.3, -0.25) is 9.52 Å². The number of hydrogen-bond donors (Lipinski definition) is 2. The summed E-state index contributed by atoms with van der Waals surface area (Å²) in [4.78, 5) is 18.7. The molecule has 29 heavy (non-hydrogen) atoms. The van der Waals surface area contributed by atoms with Crippen molar-refractivity contribution in [2.45, 2.75) is 24.2 Å². The number of nitrogens with one attached hydrogen (secondary N) is 2. The van der Waals surface area contributed by atoms with Crippen LogP contribution in [0.25, 0.3) is 0 Å². The van der Waals surface area contributed by atoms with Crippen LogP contribution in [0.15, 0.2) is 53.6 Å². The zero-order valence-electron chi connectivity index (χ0n) is 15.9. The Balaban J connectivity index is 1.55. The molecule has 0 saturated carbocycles. The molecule has 152 valence electrons. The Labute approximate surface area is 170 Å². The van der Waals surface area contributed by atoms with Crippen LogP contribution in [0.5, 0.6) is 0 Å². The molecular weight excluding hydrogens is 390 g/mol. The Kier molecular flexibility index (Phi) is 6.80. The summed E-state index contributed by atoms with van der Waals surface area (Å²) in [6.07, 6.45) is 3.50. The number of piperidine rings is 1. The summed E-state index contributed by atoms with van der Waals surface area (Å²) in [6.45, 7) is 2.35. The first-order valence-corrected chi connectivity index (χ1v) is 10.9. The summed E-state index contributed by atoms with van der Waals surface area (Å²) in [5, 5.41) is 11.5. The summed E-state index contributed by atoms with van der Waals surface area (Å²) >= 11 is 0. The SMILES string of the molecule is N#CCCN1CCC(C(=O)Nc2ccc(S(=O)(=O)Nc3ccccn3)cc2)CC1. The predicted octanol–water partition coefficient (Wildman–Crippen LogP) is 2.45. The lowest BCUT2D eigenvalue weighted by molar-refractivity contribution is -0.121. The Bertz CT molecular complexity index is 963. The molecule has 0 aliphatic carbocycles. The van der Waals surface area contributed by atoms with E-state index in [4.69, 9.17) is 5.26 Å². The fourth-order valence-electron chi connectivity index (χ4n) is 3.21. The van der Waals surface area contributed by atoms with E-state index in [0.29, 0.717) is 12.1 Å². The quantitative estimate of drug-likeness (QED) is 0.720. The van der Waals surface area contributed by atoms with Crippen LogP contribution < -0.4 is 10.0 Å². The first-order valence-electron chi connectivity index (χ1n) is 9.42. The van der Waals surface area contributed by atoms with Gasteiger partial charge in [0, 0.05) is 30.8 Å². The van der Waals surface area contributed by atoms with Crippen LogP contribution in [0.2, 0.25) is 0 Å². The maximum Gasteiger partial charge on any atom is 0.263 e. The summed E-state index contributed by atoms with van der Waals surface area (Å²) in [6, 6.07) is 13.1. The molecule has 9 heteroatoms. The largest absolute Gasteiger partial charge is 0.326 e. The summed E-state index contributed by atoms with van der Waals surface area (Å²) < 4.78 is 27.3. The van der Waals surface area contributed by atoms with E-state index in [1.165, 1.54) is 18.3 Å². The number of carbonyl (C=O) groups excluding carboxylic acids is 1. The molecule has 0 atom stereocenters. The molecule has 0 spiro atoms. The van der Waals surface area contributed by atoms with Gasteiger partial charge in [0.2, 0.25) is 5.91 Å². The third kappa shape index (κ3) is 5.76. The number of aromatic nitrogens is 1. The number of rotatable bonds is 7. The summed E-state index contributed by atoms with van der Waals surface area (Å²) in [7, 11) is -3.75. The van der Waals surface area contributed by atoms with Crippen LogP contribution in [0, 0.1) is 17.2 Å². The number of pyridine rings is 1. The van der Waals surface area contributed by atoms with Gasteiger partial charge in [-0.05, 0) is 62.3 Å². The highest BCUT2D eigenvalue weighted by molar-refractivity contribution is 7.92. The number of likely N-dealkylation sites (tertiary alicyclic amines) is 1. The second-order valence-electron chi connectivity index (χ2n) is 6.86. The Morgan fingerprint density at radius 2 is 1.90 bits per heavy atom. The van der Waals surface area contributed by atoms with Crippen LogP contribution in [-0.4, -0.2) is 43.8 Å². The van der Waals surface area contributed by atoms with Crippen molar-refractivity contribution in [3.05, 3.63) is 48.7 Å². The van der Waals surface area contributed by atoms with E-state index in [9.17, 15) is 13.2 Å². The second kappa shape index (κ2) is 9.49. The number of sulfonamides is 1. The van der Waals surface area contributed by atoms with Gasteiger partial charge in [-0.25, -0.2) is 13.4 Å². The van der Waals surface area contributed by atoms with Crippen LogP contribution >= 0.6 is 0 Å². The van der Waals surface area contributed by atoms with E-state index >= 15 is 0 Å². The molecule has 2 N–H and O–H groups in total. The maximum absolute atomic E-state index is 12.5. The first kappa shape index (κ1) is 20.8. The zero-order valence-corrected chi connectivity index (χ0v) is 16.7. The van der Waals surface area contributed by atoms with Gasteiger partial charge in [-0.2, -0.15) is 5.26 Å².